The van der Waals surface area contributed by atoms with Crippen LogP contribution in [0.4, 0.5) is 9.18 Å². The third kappa shape index (κ3) is 3.94. The second-order valence-corrected chi connectivity index (χ2v) is 5.86. The molecule has 1 saturated heterocycles. The quantitative estimate of drug-likeness (QED) is 0.876. The van der Waals surface area contributed by atoms with Crippen LogP contribution < -0.4 is 10.6 Å². The number of carbonyl (C=O) groups excluding carboxylic acids is 1. The SMILES string of the molecule is O=C(NCC1CCCO1)NC(c1ccc(F)cc1)C1CC1. The fraction of sp³-hybridized carbons (Fsp3) is 0.562. The monoisotopic (exact) mass is 292 g/mol. The second-order valence-electron chi connectivity index (χ2n) is 5.86. The summed E-state index contributed by atoms with van der Waals surface area (Å²) in [5, 5.41) is 5.88. The minimum atomic E-state index is -0.254. The van der Waals surface area contributed by atoms with Crippen molar-refractivity contribution in [1.82, 2.24) is 10.6 Å². The molecule has 5 heteroatoms. The largest absolute Gasteiger partial charge is 0.376 e. The van der Waals surface area contributed by atoms with Crippen LogP contribution in [-0.4, -0.2) is 25.3 Å². The average molecular weight is 292 g/mol. The zero-order chi connectivity index (χ0) is 14.7. The summed E-state index contributed by atoms with van der Waals surface area (Å²) < 4.78 is 18.5. The first kappa shape index (κ1) is 14.3. The number of rotatable bonds is 5. The zero-order valence-electron chi connectivity index (χ0n) is 12.0. The number of carbonyl (C=O) groups is 1. The van der Waals surface area contributed by atoms with Crippen LogP contribution in [0.1, 0.15) is 37.3 Å². The van der Waals surface area contributed by atoms with Crippen molar-refractivity contribution in [1.29, 1.82) is 0 Å². The van der Waals surface area contributed by atoms with E-state index in [9.17, 15) is 9.18 Å². The Hall–Kier alpha value is -1.62. The van der Waals surface area contributed by atoms with E-state index >= 15 is 0 Å². The number of ether oxygens (including phenoxy) is 1. The number of benzene rings is 1. The van der Waals surface area contributed by atoms with Crippen molar-refractivity contribution in [2.75, 3.05) is 13.2 Å². The lowest BCUT2D eigenvalue weighted by Gasteiger charge is -2.20. The first-order valence-corrected chi connectivity index (χ1v) is 7.64. The summed E-state index contributed by atoms with van der Waals surface area (Å²) in [5.74, 6) is 0.208. The van der Waals surface area contributed by atoms with Gasteiger partial charge < -0.3 is 15.4 Å². The van der Waals surface area contributed by atoms with Crippen molar-refractivity contribution in [2.45, 2.75) is 37.8 Å². The van der Waals surface area contributed by atoms with E-state index in [1.807, 2.05) is 0 Å². The minimum absolute atomic E-state index is 0.0323. The number of amides is 2. The highest BCUT2D eigenvalue weighted by Crippen LogP contribution is 2.40. The van der Waals surface area contributed by atoms with Gasteiger partial charge in [-0.25, -0.2) is 9.18 Å². The van der Waals surface area contributed by atoms with Crippen LogP contribution in [-0.2, 0) is 4.74 Å². The molecule has 1 aromatic rings. The lowest BCUT2D eigenvalue weighted by Crippen LogP contribution is -2.41. The molecule has 0 aromatic heterocycles. The topological polar surface area (TPSA) is 50.4 Å². The Morgan fingerprint density at radius 3 is 2.67 bits per heavy atom. The van der Waals surface area contributed by atoms with Gasteiger partial charge in [0.1, 0.15) is 5.82 Å². The van der Waals surface area contributed by atoms with E-state index < -0.39 is 0 Å². The van der Waals surface area contributed by atoms with Gasteiger partial charge in [0.05, 0.1) is 12.1 Å². The standard InChI is InChI=1S/C16H21FN2O2/c17-13-7-5-12(6-8-13)15(11-3-4-11)19-16(20)18-10-14-2-1-9-21-14/h5-8,11,14-15H,1-4,9-10H2,(H2,18,19,20). The van der Waals surface area contributed by atoms with Gasteiger partial charge in [-0.2, -0.15) is 0 Å². The summed E-state index contributed by atoms with van der Waals surface area (Å²) in [5.41, 5.74) is 0.964. The van der Waals surface area contributed by atoms with Gasteiger partial charge in [-0.1, -0.05) is 12.1 Å². The molecule has 1 heterocycles. The maximum Gasteiger partial charge on any atom is 0.315 e. The fourth-order valence-corrected chi connectivity index (χ4v) is 2.78. The van der Waals surface area contributed by atoms with Crippen molar-refractivity contribution in [3.63, 3.8) is 0 Å². The van der Waals surface area contributed by atoms with E-state index in [1.165, 1.54) is 12.1 Å². The molecule has 1 aromatic carbocycles. The Kier molecular flexibility index (Phi) is 4.39. The molecule has 1 aliphatic carbocycles. The summed E-state index contributed by atoms with van der Waals surface area (Å²) in [6.45, 7) is 1.33. The predicted molar refractivity (Wildman–Crippen MR) is 77.4 cm³/mol. The van der Waals surface area contributed by atoms with E-state index in [-0.39, 0.29) is 24.0 Å². The normalized spacial score (nSPS) is 22.8. The summed E-state index contributed by atoms with van der Waals surface area (Å²) in [6, 6.07) is 6.17. The second kappa shape index (κ2) is 6.43. The van der Waals surface area contributed by atoms with E-state index in [2.05, 4.69) is 10.6 Å². The Morgan fingerprint density at radius 2 is 2.05 bits per heavy atom. The molecule has 2 aliphatic rings. The average Bonchev–Trinajstić information content (AvgIpc) is 3.19. The van der Waals surface area contributed by atoms with Crippen molar-refractivity contribution < 1.29 is 13.9 Å². The highest BCUT2D eigenvalue weighted by Gasteiger charge is 2.33. The van der Waals surface area contributed by atoms with E-state index in [0.717, 1.165) is 37.9 Å². The number of nitrogens with one attached hydrogen (secondary N) is 2. The van der Waals surface area contributed by atoms with Gasteiger partial charge >= 0.3 is 6.03 Å². The smallest absolute Gasteiger partial charge is 0.315 e. The van der Waals surface area contributed by atoms with Gasteiger partial charge in [0.25, 0.3) is 0 Å². The van der Waals surface area contributed by atoms with Crippen LogP contribution in [0.2, 0.25) is 0 Å². The Labute approximate surface area is 124 Å². The molecule has 0 bridgehead atoms. The van der Waals surface area contributed by atoms with Crippen LogP contribution >= 0.6 is 0 Å². The number of hydrogen-bond acceptors (Lipinski definition) is 2. The molecule has 2 amide bonds. The van der Waals surface area contributed by atoms with E-state index in [4.69, 9.17) is 4.74 Å². The summed E-state index contributed by atoms with van der Waals surface area (Å²) >= 11 is 0. The molecular weight excluding hydrogens is 271 g/mol. The van der Waals surface area contributed by atoms with E-state index in [1.54, 1.807) is 12.1 Å². The highest BCUT2D eigenvalue weighted by molar-refractivity contribution is 5.74. The third-order valence-corrected chi connectivity index (χ3v) is 4.12. The van der Waals surface area contributed by atoms with E-state index in [0.29, 0.717) is 12.5 Å². The maximum atomic E-state index is 13.0. The molecule has 114 valence electrons. The lowest BCUT2D eigenvalue weighted by molar-refractivity contribution is 0.111. The predicted octanol–water partition coefficient (Wildman–Crippen LogP) is 2.76. The Balaban J connectivity index is 1.54. The molecule has 2 N–H and O–H groups in total. The number of halogens is 1. The van der Waals surface area contributed by atoms with Crippen LogP contribution in [0, 0.1) is 11.7 Å². The Bertz CT molecular complexity index is 482. The Morgan fingerprint density at radius 1 is 1.29 bits per heavy atom. The summed E-state index contributed by atoms with van der Waals surface area (Å²) in [7, 11) is 0. The first-order valence-electron chi connectivity index (χ1n) is 7.64. The van der Waals surface area contributed by atoms with Crippen molar-refractivity contribution in [3.8, 4) is 0 Å². The summed E-state index contributed by atoms with van der Waals surface area (Å²) in [6.07, 6.45) is 4.42. The van der Waals surface area contributed by atoms with Crippen molar-refractivity contribution in [2.24, 2.45) is 5.92 Å². The maximum absolute atomic E-state index is 13.0. The minimum Gasteiger partial charge on any atom is -0.376 e. The molecule has 1 aliphatic heterocycles. The van der Waals surface area contributed by atoms with Crippen molar-refractivity contribution >= 4 is 6.03 Å². The summed E-state index contributed by atoms with van der Waals surface area (Å²) in [4.78, 5) is 12.0. The molecule has 0 radical (unpaired) electrons. The molecule has 2 fully saturated rings. The molecule has 3 rings (SSSR count). The van der Waals surface area contributed by atoms with Gasteiger partial charge in [-0.3, -0.25) is 0 Å². The van der Waals surface area contributed by atoms with Crippen LogP contribution in [0.3, 0.4) is 0 Å². The van der Waals surface area contributed by atoms with Gasteiger partial charge in [0.2, 0.25) is 0 Å². The van der Waals surface area contributed by atoms with Gasteiger partial charge in [-0.05, 0) is 49.3 Å². The lowest BCUT2D eigenvalue weighted by atomic mass is 10.0. The molecule has 2 unspecified atom stereocenters. The van der Waals surface area contributed by atoms with Gasteiger partial charge in [-0.15, -0.1) is 0 Å². The van der Waals surface area contributed by atoms with Gasteiger partial charge in [0, 0.05) is 13.2 Å². The van der Waals surface area contributed by atoms with Crippen LogP contribution in [0.15, 0.2) is 24.3 Å². The molecule has 0 spiro atoms. The highest BCUT2D eigenvalue weighted by atomic mass is 19.1. The molecule has 2 atom stereocenters. The molecule has 21 heavy (non-hydrogen) atoms. The molecule has 4 nitrogen and oxygen atoms in total. The fourth-order valence-electron chi connectivity index (χ4n) is 2.78. The van der Waals surface area contributed by atoms with Crippen molar-refractivity contribution in [3.05, 3.63) is 35.6 Å². The van der Waals surface area contributed by atoms with Gasteiger partial charge in [0.15, 0.2) is 0 Å². The third-order valence-electron chi connectivity index (χ3n) is 4.12. The molecular formula is C16H21FN2O2. The number of hydrogen-bond donors (Lipinski definition) is 2. The molecule has 1 saturated carbocycles. The first-order chi connectivity index (χ1) is 10.2. The number of urea groups is 1. The zero-order valence-corrected chi connectivity index (χ0v) is 12.0. The van der Waals surface area contributed by atoms with Crippen LogP contribution in [0.25, 0.3) is 0 Å². The van der Waals surface area contributed by atoms with Crippen LogP contribution in [0.5, 0.6) is 0 Å².